The van der Waals surface area contributed by atoms with Crippen molar-refractivity contribution in [1.29, 1.82) is 0 Å². The fourth-order valence-electron chi connectivity index (χ4n) is 0.499. The molecule has 0 bridgehead atoms. The molecule has 24 heavy (non-hydrogen) atoms. The van der Waals surface area contributed by atoms with Gasteiger partial charge in [-0.3, -0.25) is 4.79 Å². The van der Waals surface area contributed by atoms with Crippen LogP contribution in [0.25, 0.3) is 0 Å². The number of aliphatic hydroxyl groups excluding tert-OH is 3. The van der Waals surface area contributed by atoms with E-state index >= 15 is 0 Å². The third kappa shape index (κ3) is 131. The van der Waals surface area contributed by atoms with Crippen LogP contribution in [0.2, 0.25) is 0 Å². The standard InChI is InChI=1S/C4H8O2.C4H10O.2C3H8O2.C3H6/c1-3-6-4(2)5;1-3-5-4-2;1-5-3-2-4;1-3(5)2-4;1-3-2/h3H2,1-2H3;3-4H2,1-2H3;4H,2-3H2,1H3;3-5H,2H2,1H3;3H,1H2,2H3. The van der Waals surface area contributed by atoms with Crippen molar-refractivity contribution in [3.8, 4) is 0 Å². The summed E-state index contributed by atoms with van der Waals surface area (Å²) in [4.78, 5) is 9.82. The van der Waals surface area contributed by atoms with Crippen molar-refractivity contribution in [2.75, 3.05) is 46.8 Å². The van der Waals surface area contributed by atoms with E-state index in [0.717, 1.165) is 13.2 Å². The van der Waals surface area contributed by atoms with Gasteiger partial charge in [-0.1, -0.05) is 6.08 Å². The molecule has 0 aromatic heterocycles. The SMILES string of the molecule is C=CC.CC(O)CO.CCOC(C)=O.CCOCC.COCCO. The lowest BCUT2D eigenvalue weighted by atomic mass is 10.5. The van der Waals surface area contributed by atoms with Gasteiger partial charge >= 0.3 is 5.97 Å². The highest BCUT2D eigenvalue weighted by Crippen LogP contribution is 1.69. The van der Waals surface area contributed by atoms with Crippen LogP contribution in [0.1, 0.15) is 41.5 Å². The monoisotopic (exact) mass is 356 g/mol. The topological polar surface area (TPSA) is 105 Å². The lowest BCUT2D eigenvalue weighted by Gasteiger charge is -1.90. The van der Waals surface area contributed by atoms with Gasteiger partial charge < -0.3 is 29.5 Å². The van der Waals surface area contributed by atoms with Gasteiger partial charge in [-0.2, -0.15) is 0 Å². The Balaban J connectivity index is -0.0000000636. The predicted octanol–water partition coefficient (Wildman–Crippen LogP) is 1.79. The van der Waals surface area contributed by atoms with E-state index in [-0.39, 0.29) is 19.2 Å². The molecule has 0 radical (unpaired) electrons. The van der Waals surface area contributed by atoms with Crippen molar-refractivity contribution in [3.05, 3.63) is 12.7 Å². The molecule has 7 nitrogen and oxygen atoms in total. The fraction of sp³-hybridized carbons (Fsp3) is 0.824. The zero-order chi connectivity index (χ0) is 20.2. The molecule has 0 spiro atoms. The Hall–Kier alpha value is -0.990. The van der Waals surface area contributed by atoms with Gasteiger partial charge in [0.1, 0.15) is 0 Å². The first-order chi connectivity index (χ1) is 11.3. The Morgan fingerprint density at radius 3 is 1.54 bits per heavy atom. The van der Waals surface area contributed by atoms with Crippen molar-refractivity contribution >= 4 is 5.97 Å². The lowest BCUT2D eigenvalue weighted by Crippen LogP contribution is -2.03. The first kappa shape index (κ1) is 34.4. The maximum absolute atomic E-state index is 9.82. The highest BCUT2D eigenvalue weighted by molar-refractivity contribution is 5.65. The molecule has 0 heterocycles. The fourth-order valence-corrected chi connectivity index (χ4v) is 0.499. The molecule has 0 saturated heterocycles. The number of hydrogen-bond acceptors (Lipinski definition) is 7. The van der Waals surface area contributed by atoms with E-state index in [1.807, 2.05) is 20.8 Å². The van der Waals surface area contributed by atoms with E-state index in [9.17, 15) is 4.79 Å². The number of rotatable bonds is 6. The van der Waals surface area contributed by atoms with E-state index < -0.39 is 6.10 Å². The van der Waals surface area contributed by atoms with Crippen LogP contribution >= 0.6 is 0 Å². The van der Waals surface area contributed by atoms with Gasteiger partial charge in [-0.05, 0) is 34.6 Å². The number of ether oxygens (including phenoxy) is 3. The summed E-state index contributed by atoms with van der Waals surface area (Å²) in [6, 6.07) is 0. The molecule has 0 saturated carbocycles. The molecule has 0 aromatic carbocycles. The normalized spacial score (nSPS) is 9.08. The van der Waals surface area contributed by atoms with Crippen LogP contribution in [0.3, 0.4) is 0 Å². The summed E-state index contributed by atoms with van der Waals surface area (Å²) >= 11 is 0. The smallest absolute Gasteiger partial charge is 0.302 e. The molecule has 7 heteroatoms. The quantitative estimate of drug-likeness (QED) is 0.492. The zero-order valence-corrected chi connectivity index (χ0v) is 16.6. The average molecular weight is 357 g/mol. The number of aliphatic hydroxyl groups is 3. The molecule has 1 atom stereocenters. The molecular weight excluding hydrogens is 316 g/mol. The van der Waals surface area contributed by atoms with Crippen molar-refractivity contribution in [2.45, 2.75) is 47.6 Å². The van der Waals surface area contributed by atoms with Crippen molar-refractivity contribution in [1.82, 2.24) is 0 Å². The summed E-state index contributed by atoms with van der Waals surface area (Å²) in [5.41, 5.74) is 0. The Morgan fingerprint density at radius 2 is 1.54 bits per heavy atom. The second-order valence-corrected chi connectivity index (χ2v) is 3.86. The lowest BCUT2D eigenvalue weighted by molar-refractivity contribution is -0.140. The van der Waals surface area contributed by atoms with E-state index in [1.165, 1.54) is 13.8 Å². The van der Waals surface area contributed by atoms with E-state index in [2.05, 4.69) is 16.1 Å². The molecule has 0 rings (SSSR count). The van der Waals surface area contributed by atoms with Crippen LogP contribution in [0, 0.1) is 0 Å². The van der Waals surface area contributed by atoms with Crippen LogP contribution in [0.15, 0.2) is 12.7 Å². The molecular formula is C17H40O7. The molecule has 1 unspecified atom stereocenters. The Labute approximate surface area is 148 Å². The third-order valence-corrected chi connectivity index (χ3v) is 1.32. The summed E-state index contributed by atoms with van der Waals surface area (Å²) in [7, 11) is 1.55. The Bertz CT molecular complexity index is 187. The minimum atomic E-state index is -0.560. The number of methoxy groups -OCH3 is 1. The molecule has 0 aromatic rings. The summed E-state index contributed by atoms with van der Waals surface area (Å²) in [5.74, 6) is -0.211. The molecule has 3 N–H and O–H groups in total. The largest absolute Gasteiger partial charge is 0.466 e. The van der Waals surface area contributed by atoms with Gasteiger partial charge in [0.2, 0.25) is 0 Å². The first-order valence-corrected chi connectivity index (χ1v) is 7.95. The minimum Gasteiger partial charge on any atom is -0.466 e. The summed E-state index contributed by atoms with van der Waals surface area (Å²) in [5, 5.41) is 23.9. The number of carbonyl (C=O) groups excluding carboxylic acids is 1. The Kier molecular flexibility index (Phi) is 61.7. The van der Waals surface area contributed by atoms with Crippen LogP contribution < -0.4 is 0 Å². The van der Waals surface area contributed by atoms with E-state index in [0.29, 0.717) is 13.2 Å². The maximum Gasteiger partial charge on any atom is 0.302 e. The minimum absolute atomic E-state index is 0.122. The highest BCUT2D eigenvalue weighted by atomic mass is 16.5. The molecule has 0 amide bonds. The van der Waals surface area contributed by atoms with Crippen molar-refractivity contribution in [3.63, 3.8) is 0 Å². The zero-order valence-electron chi connectivity index (χ0n) is 16.6. The molecule has 0 aliphatic rings. The number of carbonyl (C=O) groups is 1. The van der Waals surface area contributed by atoms with Crippen LogP contribution in [0.4, 0.5) is 0 Å². The van der Waals surface area contributed by atoms with Crippen molar-refractivity contribution in [2.24, 2.45) is 0 Å². The van der Waals surface area contributed by atoms with Crippen LogP contribution in [0.5, 0.6) is 0 Å². The third-order valence-electron chi connectivity index (χ3n) is 1.32. The van der Waals surface area contributed by atoms with E-state index in [1.54, 1.807) is 20.1 Å². The second kappa shape index (κ2) is 43.1. The van der Waals surface area contributed by atoms with Gasteiger partial charge in [-0.25, -0.2) is 0 Å². The van der Waals surface area contributed by atoms with Gasteiger partial charge in [0.25, 0.3) is 0 Å². The predicted molar refractivity (Wildman–Crippen MR) is 98.1 cm³/mol. The molecule has 0 aliphatic carbocycles. The molecule has 150 valence electrons. The van der Waals surface area contributed by atoms with Gasteiger partial charge in [0.05, 0.1) is 32.5 Å². The van der Waals surface area contributed by atoms with E-state index in [4.69, 9.17) is 20.1 Å². The average Bonchev–Trinajstić information content (AvgIpc) is 2.51. The number of allylic oxidation sites excluding steroid dienone is 1. The molecule has 0 fully saturated rings. The maximum atomic E-state index is 9.82. The van der Waals surface area contributed by atoms with Gasteiger partial charge in [0, 0.05) is 27.2 Å². The summed E-state index contributed by atoms with van der Waals surface area (Å²) in [6.07, 6.45) is 1.19. The highest BCUT2D eigenvalue weighted by Gasteiger charge is 1.83. The summed E-state index contributed by atoms with van der Waals surface area (Å²) < 4.78 is 13.7. The van der Waals surface area contributed by atoms with Gasteiger partial charge in [0.15, 0.2) is 0 Å². The van der Waals surface area contributed by atoms with Gasteiger partial charge in [-0.15, -0.1) is 6.58 Å². The van der Waals surface area contributed by atoms with Crippen LogP contribution in [-0.2, 0) is 19.0 Å². The second-order valence-electron chi connectivity index (χ2n) is 3.86. The van der Waals surface area contributed by atoms with Crippen LogP contribution in [-0.4, -0.2) is 74.1 Å². The Morgan fingerprint density at radius 1 is 1.17 bits per heavy atom. The first-order valence-electron chi connectivity index (χ1n) is 7.95. The summed E-state index contributed by atoms with van der Waals surface area (Å²) in [6.45, 7) is 16.5. The number of hydrogen-bond donors (Lipinski definition) is 3. The molecule has 0 aliphatic heterocycles. The van der Waals surface area contributed by atoms with Crippen molar-refractivity contribution < 1.29 is 34.3 Å². The number of esters is 1.